The molecule has 1 saturated carbocycles. The van der Waals surface area contributed by atoms with Crippen molar-refractivity contribution in [3.05, 3.63) is 60.7 Å². The monoisotopic (exact) mass is 321 g/mol. The Morgan fingerprint density at radius 1 is 1.04 bits per heavy atom. The number of benzene rings is 1. The van der Waals surface area contributed by atoms with E-state index in [2.05, 4.69) is 25.6 Å². The van der Waals surface area contributed by atoms with Crippen LogP contribution in [0, 0.1) is 5.82 Å². The molecule has 5 nitrogen and oxygen atoms in total. The first-order chi connectivity index (χ1) is 11.8. The maximum absolute atomic E-state index is 13.1. The molecule has 24 heavy (non-hydrogen) atoms. The van der Waals surface area contributed by atoms with Gasteiger partial charge >= 0.3 is 0 Å². The molecule has 2 aromatic heterocycles. The van der Waals surface area contributed by atoms with Gasteiger partial charge in [-0.15, -0.1) is 0 Å². The number of hydrogen-bond donors (Lipinski definition) is 2. The number of hydrogen-bond acceptors (Lipinski definition) is 5. The predicted octanol–water partition coefficient (Wildman–Crippen LogP) is 4.00. The van der Waals surface area contributed by atoms with Crippen LogP contribution in [-0.2, 0) is 0 Å². The summed E-state index contributed by atoms with van der Waals surface area (Å²) in [6.45, 7) is 0. The summed E-state index contributed by atoms with van der Waals surface area (Å²) in [5.74, 6) is 0.970. The fourth-order valence-electron chi connectivity index (χ4n) is 2.33. The van der Waals surface area contributed by atoms with Gasteiger partial charge in [0, 0.05) is 35.8 Å². The summed E-state index contributed by atoms with van der Waals surface area (Å²) in [7, 11) is 0. The van der Waals surface area contributed by atoms with Crippen LogP contribution in [0.2, 0.25) is 0 Å². The van der Waals surface area contributed by atoms with E-state index in [1.165, 1.54) is 12.1 Å². The van der Waals surface area contributed by atoms with E-state index in [-0.39, 0.29) is 5.82 Å². The van der Waals surface area contributed by atoms with Gasteiger partial charge in [-0.2, -0.15) is 4.98 Å². The van der Waals surface area contributed by atoms with E-state index < -0.39 is 0 Å². The number of nitrogens with zero attached hydrogens (tertiary/aromatic N) is 3. The molecule has 0 atom stereocenters. The summed E-state index contributed by atoms with van der Waals surface area (Å²) in [6, 6.07) is 12.3. The normalized spacial score (nSPS) is 13.5. The number of anilines is 3. The molecular weight excluding hydrogens is 305 g/mol. The van der Waals surface area contributed by atoms with Gasteiger partial charge in [0.15, 0.2) is 0 Å². The second-order valence-corrected chi connectivity index (χ2v) is 5.75. The first-order valence-electron chi connectivity index (χ1n) is 7.85. The van der Waals surface area contributed by atoms with E-state index in [1.54, 1.807) is 24.5 Å². The van der Waals surface area contributed by atoms with Crippen molar-refractivity contribution in [1.82, 2.24) is 15.0 Å². The van der Waals surface area contributed by atoms with E-state index >= 15 is 0 Å². The van der Waals surface area contributed by atoms with Gasteiger partial charge in [-0.1, -0.05) is 0 Å². The van der Waals surface area contributed by atoms with Crippen molar-refractivity contribution in [1.29, 1.82) is 0 Å². The highest BCUT2D eigenvalue weighted by Gasteiger charge is 2.22. The molecule has 2 heterocycles. The van der Waals surface area contributed by atoms with E-state index in [9.17, 15) is 4.39 Å². The molecule has 1 fully saturated rings. The Labute approximate surface area is 139 Å². The second kappa shape index (κ2) is 6.23. The van der Waals surface area contributed by atoms with Gasteiger partial charge < -0.3 is 10.6 Å². The fraction of sp³-hybridized carbons (Fsp3) is 0.167. The van der Waals surface area contributed by atoms with Crippen LogP contribution in [0.5, 0.6) is 0 Å². The van der Waals surface area contributed by atoms with Crippen molar-refractivity contribution in [3.63, 3.8) is 0 Å². The van der Waals surface area contributed by atoms with Gasteiger partial charge in [0.1, 0.15) is 11.6 Å². The number of halogens is 1. The van der Waals surface area contributed by atoms with E-state index in [1.807, 2.05) is 18.2 Å². The maximum atomic E-state index is 13.1. The van der Waals surface area contributed by atoms with Crippen LogP contribution in [0.1, 0.15) is 12.8 Å². The third-order valence-electron chi connectivity index (χ3n) is 3.71. The Hall–Kier alpha value is -3.02. The smallest absolute Gasteiger partial charge is 0.225 e. The first-order valence-corrected chi connectivity index (χ1v) is 7.85. The van der Waals surface area contributed by atoms with Gasteiger partial charge in [-0.3, -0.25) is 4.98 Å². The number of pyridine rings is 1. The van der Waals surface area contributed by atoms with Gasteiger partial charge in [-0.05, 0) is 49.2 Å². The Balaban J connectivity index is 1.67. The Morgan fingerprint density at radius 2 is 1.88 bits per heavy atom. The average molecular weight is 321 g/mol. The molecule has 0 aliphatic heterocycles. The number of rotatable bonds is 5. The van der Waals surface area contributed by atoms with Crippen molar-refractivity contribution < 1.29 is 4.39 Å². The van der Waals surface area contributed by atoms with Crippen molar-refractivity contribution in [2.75, 3.05) is 10.6 Å². The van der Waals surface area contributed by atoms with Crippen LogP contribution >= 0.6 is 0 Å². The van der Waals surface area contributed by atoms with Crippen LogP contribution < -0.4 is 10.6 Å². The molecule has 120 valence electrons. The summed E-state index contributed by atoms with van der Waals surface area (Å²) in [5.41, 5.74) is 2.47. The van der Waals surface area contributed by atoms with Gasteiger partial charge in [-0.25, -0.2) is 9.37 Å². The van der Waals surface area contributed by atoms with E-state index in [4.69, 9.17) is 0 Å². The van der Waals surface area contributed by atoms with E-state index in [0.29, 0.717) is 17.8 Å². The quantitative estimate of drug-likeness (QED) is 0.744. The molecule has 3 aromatic rings. The molecule has 1 aliphatic rings. The summed E-state index contributed by atoms with van der Waals surface area (Å²) >= 11 is 0. The summed E-state index contributed by atoms with van der Waals surface area (Å²) in [6.07, 6.45) is 5.78. The molecule has 0 saturated heterocycles. The minimum absolute atomic E-state index is 0.268. The fourth-order valence-corrected chi connectivity index (χ4v) is 2.33. The Morgan fingerprint density at radius 3 is 2.58 bits per heavy atom. The van der Waals surface area contributed by atoms with Crippen LogP contribution in [0.25, 0.3) is 11.3 Å². The van der Waals surface area contributed by atoms with Gasteiger partial charge in [0.2, 0.25) is 5.95 Å². The van der Waals surface area contributed by atoms with Crippen LogP contribution in [0.4, 0.5) is 21.8 Å². The standard InChI is InChI=1S/C18H16FN5/c19-13-3-5-14(6-4-13)21-17-10-16(12-2-1-9-20-11-12)23-18(24-17)22-15-7-8-15/h1-6,9-11,15H,7-8H2,(H2,21,22,23,24). The van der Waals surface area contributed by atoms with Crippen molar-refractivity contribution in [3.8, 4) is 11.3 Å². The lowest BCUT2D eigenvalue weighted by molar-refractivity contribution is 0.628. The molecule has 4 rings (SSSR count). The molecule has 2 N–H and O–H groups in total. The molecule has 0 spiro atoms. The van der Waals surface area contributed by atoms with Gasteiger partial charge in [0.05, 0.1) is 5.69 Å². The molecule has 0 radical (unpaired) electrons. The van der Waals surface area contributed by atoms with Gasteiger partial charge in [0.25, 0.3) is 0 Å². The number of aromatic nitrogens is 3. The third kappa shape index (κ3) is 3.48. The molecule has 1 aromatic carbocycles. The zero-order chi connectivity index (χ0) is 16.4. The number of nitrogens with one attached hydrogen (secondary N) is 2. The molecule has 0 bridgehead atoms. The SMILES string of the molecule is Fc1ccc(Nc2cc(-c3cccnc3)nc(NC3CC3)n2)cc1. The summed E-state index contributed by atoms with van der Waals surface area (Å²) in [4.78, 5) is 13.2. The first kappa shape index (κ1) is 14.6. The highest BCUT2D eigenvalue weighted by molar-refractivity contribution is 5.66. The molecule has 0 unspecified atom stereocenters. The minimum atomic E-state index is -0.268. The van der Waals surface area contributed by atoms with Crippen LogP contribution in [0.15, 0.2) is 54.9 Å². The summed E-state index contributed by atoms with van der Waals surface area (Å²) in [5, 5.41) is 6.52. The molecular formula is C18H16FN5. The maximum Gasteiger partial charge on any atom is 0.225 e. The Kier molecular flexibility index (Phi) is 3.78. The van der Waals surface area contributed by atoms with Crippen LogP contribution in [-0.4, -0.2) is 21.0 Å². The zero-order valence-electron chi connectivity index (χ0n) is 12.9. The summed E-state index contributed by atoms with van der Waals surface area (Å²) < 4.78 is 13.1. The van der Waals surface area contributed by atoms with E-state index in [0.717, 1.165) is 29.8 Å². The Bertz CT molecular complexity index is 832. The lowest BCUT2D eigenvalue weighted by Gasteiger charge is -2.11. The highest BCUT2D eigenvalue weighted by atomic mass is 19.1. The van der Waals surface area contributed by atoms with Crippen LogP contribution in [0.3, 0.4) is 0 Å². The largest absolute Gasteiger partial charge is 0.351 e. The average Bonchev–Trinajstić information content (AvgIpc) is 3.42. The zero-order valence-corrected chi connectivity index (χ0v) is 12.9. The third-order valence-corrected chi connectivity index (χ3v) is 3.71. The molecule has 1 aliphatic carbocycles. The topological polar surface area (TPSA) is 62.7 Å². The lowest BCUT2D eigenvalue weighted by atomic mass is 10.2. The highest BCUT2D eigenvalue weighted by Crippen LogP contribution is 2.27. The van der Waals surface area contributed by atoms with Crippen molar-refractivity contribution in [2.24, 2.45) is 0 Å². The lowest BCUT2D eigenvalue weighted by Crippen LogP contribution is -2.07. The minimum Gasteiger partial charge on any atom is -0.351 e. The second-order valence-electron chi connectivity index (χ2n) is 5.75. The molecule has 0 amide bonds. The predicted molar refractivity (Wildman–Crippen MR) is 91.6 cm³/mol. The van der Waals surface area contributed by atoms with Crippen molar-refractivity contribution in [2.45, 2.75) is 18.9 Å². The van der Waals surface area contributed by atoms with Crippen molar-refractivity contribution >= 4 is 17.5 Å². The molecule has 6 heteroatoms.